The first kappa shape index (κ1) is 29.1. The van der Waals surface area contributed by atoms with E-state index < -0.39 is 11.2 Å². The van der Waals surface area contributed by atoms with E-state index >= 15 is 0 Å². The number of ether oxygens (including phenoxy) is 1. The number of halogens is 2. The Bertz CT molecular complexity index is 1640. The second-order valence-corrected chi connectivity index (χ2v) is 12.9. The molecule has 42 heavy (non-hydrogen) atoms. The molecule has 10 heteroatoms. The molecule has 6 rings (SSSR count). The highest BCUT2D eigenvalue weighted by molar-refractivity contribution is 6.38. The van der Waals surface area contributed by atoms with Gasteiger partial charge in [0.1, 0.15) is 0 Å². The molecule has 2 N–H and O–H groups in total. The van der Waals surface area contributed by atoms with E-state index in [4.69, 9.17) is 32.9 Å². The number of nitrogens with zero attached hydrogens (tertiary/aromatic N) is 5. The van der Waals surface area contributed by atoms with Crippen LogP contribution in [0.3, 0.4) is 0 Å². The lowest BCUT2D eigenvalue weighted by molar-refractivity contribution is -0.0879. The number of likely N-dealkylation sites (tertiary alicyclic amines) is 2. The van der Waals surface area contributed by atoms with Crippen molar-refractivity contribution in [3.63, 3.8) is 0 Å². The average molecular weight is 609 g/mol. The summed E-state index contributed by atoms with van der Waals surface area (Å²) in [7, 11) is 1.61. The van der Waals surface area contributed by atoms with Gasteiger partial charge in [-0.05, 0) is 44.5 Å². The summed E-state index contributed by atoms with van der Waals surface area (Å²) in [5.74, 6) is 1.16. The molecule has 0 saturated carbocycles. The van der Waals surface area contributed by atoms with E-state index in [2.05, 4.69) is 27.8 Å². The van der Waals surface area contributed by atoms with E-state index in [1.165, 1.54) is 0 Å². The molecule has 0 radical (unpaired) electrons. The van der Waals surface area contributed by atoms with Crippen molar-refractivity contribution in [3.05, 3.63) is 81.7 Å². The number of hydrogen-bond donors (Lipinski definition) is 2. The molecule has 2 aliphatic rings. The fourth-order valence-corrected chi connectivity index (χ4v) is 6.76. The molecule has 0 spiro atoms. The summed E-state index contributed by atoms with van der Waals surface area (Å²) in [5, 5.41) is 21.3. The molecule has 220 valence electrons. The molecular formula is C32H35Cl2N5O3. The number of β-amino-alcohol motifs (C(OH)–C–C–N with tert-alkyl or cyclic N) is 2. The average Bonchev–Trinajstić information content (AvgIpc) is 3.27. The van der Waals surface area contributed by atoms with Crippen LogP contribution in [0.5, 0.6) is 5.88 Å². The second kappa shape index (κ2) is 10.9. The highest BCUT2D eigenvalue weighted by Gasteiger charge is 2.37. The molecule has 5 heterocycles. The maximum absolute atomic E-state index is 10.2. The minimum atomic E-state index is -0.640. The molecule has 2 saturated heterocycles. The predicted octanol–water partition coefficient (Wildman–Crippen LogP) is 5.36. The molecule has 0 bridgehead atoms. The Balaban J connectivity index is 1.31. The van der Waals surface area contributed by atoms with Crippen molar-refractivity contribution in [2.24, 2.45) is 0 Å². The van der Waals surface area contributed by atoms with Crippen molar-refractivity contribution in [1.29, 1.82) is 0 Å². The Kier molecular flexibility index (Phi) is 7.58. The molecule has 3 aromatic heterocycles. The number of aliphatic hydroxyl groups is 2. The number of aromatic nitrogens is 3. The van der Waals surface area contributed by atoms with Crippen molar-refractivity contribution in [1.82, 2.24) is 24.3 Å². The summed E-state index contributed by atoms with van der Waals surface area (Å²) >= 11 is 14.1. The first-order valence-corrected chi connectivity index (χ1v) is 14.7. The van der Waals surface area contributed by atoms with Crippen LogP contribution in [0.25, 0.3) is 28.2 Å². The monoisotopic (exact) mass is 607 g/mol. The van der Waals surface area contributed by atoms with Gasteiger partial charge in [0.2, 0.25) is 5.88 Å². The van der Waals surface area contributed by atoms with Gasteiger partial charge in [0.05, 0.1) is 34.1 Å². The largest absolute Gasteiger partial charge is 0.481 e. The summed E-state index contributed by atoms with van der Waals surface area (Å²) in [6.45, 7) is 9.59. The van der Waals surface area contributed by atoms with Crippen LogP contribution in [0.15, 0.2) is 54.9 Å². The van der Waals surface area contributed by atoms with Gasteiger partial charge in [-0.15, -0.1) is 0 Å². The van der Waals surface area contributed by atoms with Gasteiger partial charge < -0.3 is 19.5 Å². The number of hydrogen-bond acceptors (Lipinski definition) is 7. The Morgan fingerprint density at radius 3 is 2.17 bits per heavy atom. The Morgan fingerprint density at radius 1 is 0.857 bits per heavy atom. The Morgan fingerprint density at radius 2 is 1.50 bits per heavy atom. The lowest BCUT2D eigenvalue weighted by Crippen LogP contribution is -2.59. The Hall–Kier alpha value is -2.98. The van der Waals surface area contributed by atoms with Gasteiger partial charge in [-0.1, -0.05) is 47.5 Å². The SMILES string of the molecule is COc1nc(-c2cccc(-c3ccnc(-n4ccc(C)c4CN4CC(C)(O)C4)c3Cl)c2Cl)ccc1CN1CC(C)(O)C1. The van der Waals surface area contributed by atoms with Crippen LogP contribution >= 0.6 is 23.2 Å². The van der Waals surface area contributed by atoms with E-state index in [1.807, 2.05) is 61.0 Å². The molecule has 4 aromatic rings. The third-order valence-corrected chi connectivity index (χ3v) is 8.82. The van der Waals surface area contributed by atoms with E-state index in [0.717, 1.165) is 33.5 Å². The zero-order chi connectivity index (χ0) is 29.8. The number of benzene rings is 1. The van der Waals surface area contributed by atoms with E-state index in [9.17, 15) is 10.2 Å². The summed E-state index contributed by atoms with van der Waals surface area (Å²) < 4.78 is 7.66. The minimum absolute atomic E-state index is 0.496. The molecule has 0 atom stereocenters. The van der Waals surface area contributed by atoms with Gasteiger partial charge in [0.15, 0.2) is 5.82 Å². The van der Waals surface area contributed by atoms with Crippen LogP contribution in [-0.4, -0.2) is 79.0 Å². The lowest BCUT2D eigenvalue weighted by Gasteiger charge is -2.44. The third-order valence-electron chi connectivity index (χ3n) is 8.04. The number of rotatable bonds is 8. The van der Waals surface area contributed by atoms with Gasteiger partial charge in [-0.2, -0.15) is 0 Å². The summed E-state index contributed by atoms with van der Waals surface area (Å²) in [4.78, 5) is 13.8. The zero-order valence-electron chi connectivity index (χ0n) is 24.2. The fourth-order valence-electron chi connectivity index (χ4n) is 6.14. The summed E-state index contributed by atoms with van der Waals surface area (Å²) in [6, 6.07) is 13.7. The molecule has 0 aliphatic carbocycles. The van der Waals surface area contributed by atoms with Gasteiger partial charge in [0.25, 0.3) is 0 Å². The van der Waals surface area contributed by atoms with E-state index in [-0.39, 0.29) is 0 Å². The maximum Gasteiger partial charge on any atom is 0.218 e. The summed E-state index contributed by atoms with van der Waals surface area (Å²) in [5.41, 5.74) is 4.89. The van der Waals surface area contributed by atoms with Gasteiger partial charge in [-0.25, -0.2) is 9.97 Å². The maximum atomic E-state index is 10.2. The first-order chi connectivity index (χ1) is 19.9. The van der Waals surface area contributed by atoms with Crippen molar-refractivity contribution >= 4 is 23.2 Å². The molecule has 0 unspecified atom stereocenters. The highest BCUT2D eigenvalue weighted by Crippen LogP contribution is 2.41. The van der Waals surface area contributed by atoms with Crippen molar-refractivity contribution < 1.29 is 14.9 Å². The molecule has 2 fully saturated rings. The van der Waals surface area contributed by atoms with Crippen LogP contribution in [0, 0.1) is 6.92 Å². The van der Waals surface area contributed by atoms with E-state index in [0.29, 0.717) is 66.7 Å². The quantitative estimate of drug-likeness (QED) is 0.279. The number of methoxy groups -OCH3 is 1. The molecule has 1 aromatic carbocycles. The summed E-state index contributed by atoms with van der Waals surface area (Å²) in [6.07, 6.45) is 3.73. The van der Waals surface area contributed by atoms with Crippen LogP contribution in [-0.2, 0) is 13.1 Å². The molecular weight excluding hydrogens is 573 g/mol. The van der Waals surface area contributed by atoms with E-state index in [1.54, 1.807) is 13.3 Å². The highest BCUT2D eigenvalue weighted by atomic mass is 35.5. The van der Waals surface area contributed by atoms with Crippen molar-refractivity contribution in [2.45, 2.75) is 45.1 Å². The van der Waals surface area contributed by atoms with Crippen LogP contribution in [0.4, 0.5) is 0 Å². The molecule has 2 aliphatic heterocycles. The number of pyridine rings is 2. The van der Waals surface area contributed by atoms with Gasteiger partial charge >= 0.3 is 0 Å². The van der Waals surface area contributed by atoms with Crippen molar-refractivity contribution in [3.8, 4) is 34.1 Å². The predicted molar refractivity (Wildman–Crippen MR) is 165 cm³/mol. The van der Waals surface area contributed by atoms with Crippen LogP contribution in [0.1, 0.15) is 30.7 Å². The van der Waals surface area contributed by atoms with Crippen LogP contribution in [0.2, 0.25) is 10.0 Å². The third kappa shape index (κ3) is 5.55. The number of aryl methyl sites for hydroxylation is 1. The topological polar surface area (TPSA) is 86.9 Å². The molecule has 0 amide bonds. The lowest BCUT2D eigenvalue weighted by atomic mass is 9.96. The van der Waals surface area contributed by atoms with Gasteiger partial charge in [0, 0.05) is 79.6 Å². The molecule has 8 nitrogen and oxygen atoms in total. The second-order valence-electron chi connectivity index (χ2n) is 12.1. The minimum Gasteiger partial charge on any atom is -0.481 e. The van der Waals surface area contributed by atoms with Crippen molar-refractivity contribution in [2.75, 3.05) is 33.3 Å². The first-order valence-electron chi connectivity index (χ1n) is 14.0. The fraction of sp³-hybridized carbons (Fsp3) is 0.375. The zero-order valence-corrected chi connectivity index (χ0v) is 25.7. The normalized spacial score (nSPS) is 18.0. The standard InChI is InChI=1S/C32H35Cl2N5O3/c1-20-11-13-39(26(20)15-38-18-32(3,41)19-38)29-28(34)23(10-12-35-29)22-6-5-7-24(27(22)33)25-9-8-21(30(36-25)42-4)14-37-16-31(2,40)17-37/h5-13,40-41H,14-19H2,1-4H3. The van der Waals surface area contributed by atoms with Gasteiger partial charge in [-0.3, -0.25) is 9.80 Å². The van der Waals surface area contributed by atoms with Crippen LogP contribution < -0.4 is 4.74 Å². The Labute approximate surface area is 256 Å². The smallest absolute Gasteiger partial charge is 0.218 e.